The zero-order chi connectivity index (χ0) is 20.3. The van der Waals surface area contributed by atoms with Crippen molar-refractivity contribution in [1.82, 2.24) is 15.3 Å². The van der Waals surface area contributed by atoms with Crippen LogP contribution in [0.3, 0.4) is 0 Å². The van der Waals surface area contributed by atoms with Gasteiger partial charge in [-0.1, -0.05) is 28.1 Å². The summed E-state index contributed by atoms with van der Waals surface area (Å²) in [6.07, 6.45) is 0.516. The highest BCUT2D eigenvalue weighted by Gasteiger charge is 2.43. The van der Waals surface area contributed by atoms with Crippen LogP contribution < -0.4 is 10.7 Å². The fraction of sp³-hybridized carbons (Fsp3) is 0.211. The van der Waals surface area contributed by atoms with Crippen LogP contribution in [-0.4, -0.2) is 45.6 Å². The molecule has 0 radical (unpaired) electrons. The van der Waals surface area contributed by atoms with E-state index >= 15 is 0 Å². The predicted molar refractivity (Wildman–Crippen MR) is 107 cm³/mol. The van der Waals surface area contributed by atoms with E-state index in [0.717, 1.165) is 15.0 Å². The van der Waals surface area contributed by atoms with Crippen molar-refractivity contribution in [3.8, 4) is 5.75 Å². The van der Waals surface area contributed by atoms with Gasteiger partial charge in [0.05, 0.1) is 0 Å². The van der Waals surface area contributed by atoms with Gasteiger partial charge >= 0.3 is 12.1 Å². The molecule has 1 heterocycles. The van der Waals surface area contributed by atoms with Gasteiger partial charge in [0.2, 0.25) is 0 Å². The molecule has 3 rings (SSSR count). The molecule has 1 aliphatic rings. The number of hydrogen-bond donors (Lipinski definition) is 3. The minimum absolute atomic E-state index is 0.164. The third-order valence-electron chi connectivity index (χ3n) is 4.38. The number of carbonyl (C=O) groups excluding carboxylic acids is 3. The van der Waals surface area contributed by atoms with Crippen LogP contribution in [-0.2, 0) is 11.2 Å². The second-order valence-corrected chi connectivity index (χ2v) is 7.23. The topological polar surface area (TPSA) is 102 Å². The first-order valence-corrected chi connectivity index (χ1v) is 9.40. The lowest BCUT2D eigenvalue weighted by molar-refractivity contribution is -0.129. The average molecular weight is 447 g/mol. The number of aromatic hydroxyl groups is 1. The molecule has 3 N–H and O–H groups in total. The van der Waals surface area contributed by atoms with E-state index < -0.39 is 24.0 Å². The quantitative estimate of drug-likeness (QED) is 0.614. The fourth-order valence-corrected chi connectivity index (χ4v) is 3.07. The number of urea groups is 2. The van der Waals surface area contributed by atoms with Crippen LogP contribution >= 0.6 is 15.9 Å². The van der Waals surface area contributed by atoms with Crippen molar-refractivity contribution < 1.29 is 19.5 Å². The van der Waals surface area contributed by atoms with Crippen LogP contribution in [0.15, 0.2) is 53.0 Å². The average Bonchev–Trinajstić information content (AvgIpc) is 2.87. The third kappa shape index (κ3) is 4.42. The Balaban J connectivity index is 1.60. The van der Waals surface area contributed by atoms with Crippen LogP contribution in [0.5, 0.6) is 5.75 Å². The van der Waals surface area contributed by atoms with Crippen molar-refractivity contribution in [3.05, 3.63) is 58.6 Å². The van der Waals surface area contributed by atoms with Gasteiger partial charge in [-0.05, 0) is 55.3 Å². The number of amides is 5. The molecule has 1 saturated heterocycles. The number of benzene rings is 2. The molecule has 1 unspecified atom stereocenters. The first-order valence-electron chi connectivity index (χ1n) is 8.61. The summed E-state index contributed by atoms with van der Waals surface area (Å²) >= 11 is 3.30. The molecule has 2 aromatic carbocycles. The summed E-state index contributed by atoms with van der Waals surface area (Å²) in [5, 5.41) is 12.6. The number of anilines is 1. The molecule has 28 heavy (non-hydrogen) atoms. The monoisotopic (exact) mass is 446 g/mol. The molecule has 0 aromatic heterocycles. The molecule has 1 atom stereocenters. The zero-order valence-electron chi connectivity index (χ0n) is 15.1. The molecule has 2 aromatic rings. The maximum atomic E-state index is 12.6. The lowest BCUT2D eigenvalue weighted by atomic mass is 10.1. The maximum absolute atomic E-state index is 12.6. The number of imide groups is 1. The highest BCUT2D eigenvalue weighted by Crippen LogP contribution is 2.18. The van der Waals surface area contributed by atoms with Crippen molar-refractivity contribution >= 4 is 39.6 Å². The first kappa shape index (κ1) is 19.7. The molecule has 0 spiro atoms. The molecule has 8 nitrogen and oxygen atoms in total. The van der Waals surface area contributed by atoms with Crippen molar-refractivity contribution in [2.45, 2.75) is 19.4 Å². The molecule has 146 valence electrons. The second-order valence-electron chi connectivity index (χ2n) is 6.31. The van der Waals surface area contributed by atoms with Crippen molar-refractivity contribution in [2.24, 2.45) is 0 Å². The number of nitrogens with zero attached hydrogens (tertiary/aromatic N) is 2. The Morgan fingerprint density at radius 3 is 2.39 bits per heavy atom. The van der Waals surface area contributed by atoms with Crippen LogP contribution in [0.4, 0.5) is 15.3 Å². The molecular weight excluding hydrogens is 428 g/mol. The largest absolute Gasteiger partial charge is 0.508 e. The number of nitrogens with one attached hydrogen (secondary N) is 2. The smallest absolute Gasteiger partial charge is 0.346 e. The fourth-order valence-electron chi connectivity index (χ4n) is 2.81. The second kappa shape index (κ2) is 8.30. The van der Waals surface area contributed by atoms with E-state index in [1.165, 1.54) is 4.90 Å². The Kier molecular flexibility index (Phi) is 5.84. The summed E-state index contributed by atoms with van der Waals surface area (Å²) in [5.41, 5.74) is 3.75. The lowest BCUT2D eigenvalue weighted by Gasteiger charge is -2.19. The van der Waals surface area contributed by atoms with E-state index in [4.69, 9.17) is 0 Å². The van der Waals surface area contributed by atoms with Crippen molar-refractivity contribution in [1.29, 1.82) is 0 Å². The summed E-state index contributed by atoms with van der Waals surface area (Å²) in [6, 6.07) is 11.6. The Morgan fingerprint density at radius 2 is 1.75 bits per heavy atom. The minimum atomic E-state index is -0.684. The third-order valence-corrected chi connectivity index (χ3v) is 4.90. The van der Waals surface area contributed by atoms with Crippen LogP contribution in [0, 0.1) is 0 Å². The van der Waals surface area contributed by atoms with Crippen LogP contribution in [0.25, 0.3) is 0 Å². The number of hydrazine groups is 1. The molecular formula is C19H19BrN4O4. The van der Waals surface area contributed by atoms with Crippen molar-refractivity contribution in [2.75, 3.05) is 11.9 Å². The maximum Gasteiger partial charge on any atom is 0.346 e. The van der Waals surface area contributed by atoms with Crippen LogP contribution in [0.2, 0.25) is 0 Å². The van der Waals surface area contributed by atoms with Gasteiger partial charge in [0.15, 0.2) is 0 Å². The molecule has 5 amide bonds. The Hall–Kier alpha value is -3.07. The van der Waals surface area contributed by atoms with Crippen LogP contribution in [0.1, 0.15) is 12.5 Å². The van der Waals surface area contributed by atoms with E-state index in [9.17, 15) is 19.5 Å². The summed E-state index contributed by atoms with van der Waals surface area (Å²) < 4.78 is 0.862. The summed E-state index contributed by atoms with van der Waals surface area (Å²) in [6.45, 7) is 1.92. The van der Waals surface area contributed by atoms with Gasteiger partial charge in [0.25, 0.3) is 5.91 Å². The zero-order valence-corrected chi connectivity index (χ0v) is 16.6. The van der Waals surface area contributed by atoms with Gasteiger partial charge in [-0.25, -0.2) is 15.0 Å². The number of rotatable bonds is 5. The van der Waals surface area contributed by atoms with Gasteiger partial charge in [0.1, 0.15) is 11.8 Å². The number of phenols is 1. The van der Waals surface area contributed by atoms with E-state index in [-0.39, 0.29) is 5.75 Å². The van der Waals surface area contributed by atoms with E-state index in [1.807, 2.05) is 0 Å². The molecule has 1 aliphatic heterocycles. The van der Waals surface area contributed by atoms with E-state index in [2.05, 4.69) is 26.7 Å². The van der Waals surface area contributed by atoms with Gasteiger partial charge in [-0.3, -0.25) is 4.79 Å². The SMILES string of the molecule is CC1C(=O)N(NC(=O)Nc2ccc(Br)cc2)C(=O)N1CCc1ccc(O)cc1. The molecule has 1 fully saturated rings. The molecule has 0 aliphatic carbocycles. The summed E-state index contributed by atoms with van der Waals surface area (Å²) in [7, 11) is 0. The Bertz CT molecular complexity index is 886. The number of hydrogen-bond acceptors (Lipinski definition) is 4. The Labute approximate surface area is 170 Å². The normalized spacial score (nSPS) is 16.4. The molecule has 9 heteroatoms. The van der Waals surface area contributed by atoms with Gasteiger partial charge in [-0.15, -0.1) is 0 Å². The highest BCUT2D eigenvalue weighted by molar-refractivity contribution is 9.10. The molecule has 0 bridgehead atoms. The Morgan fingerprint density at radius 1 is 1.11 bits per heavy atom. The summed E-state index contributed by atoms with van der Waals surface area (Å²) in [5.74, 6) is -0.335. The predicted octanol–water partition coefficient (Wildman–Crippen LogP) is 3.09. The highest BCUT2D eigenvalue weighted by atomic mass is 79.9. The first-order chi connectivity index (χ1) is 13.3. The standard InChI is InChI=1S/C19H19BrN4O4/c1-12-17(26)24(22-18(27)21-15-6-4-14(20)5-7-15)19(28)23(12)11-10-13-2-8-16(25)9-3-13/h2-9,12,25H,10-11H2,1H3,(H2,21,22,27). The summed E-state index contributed by atoms with van der Waals surface area (Å²) in [4.78, 5) is 38.5. The van der Waals surface area contributed by atoms with Crippen molar-refractivity contribution in [3.63, 3.8) is 0 Å². The van der Waals surface area contributed by atoms with Gasteiger partial charge in [0, 0.05) is 16.7 Å². The number of phenolic OH excluding ortho intramolecular Hbond substituents is 1. The number of halogens is 1. The van der Waals surface area contributed by atoms with Gasteiger partial charge in [-0.2, -0.15) is 5.01 Å². The lowest BCUT2D eigenvalue weighted by Crippen LogP contribution is -2.48. The molecule has 0 saturated carbocycles. The minimum Gasteiger partial charge on any atom is -0.508 e. The van der Waals surface area contributed by atoms with Gasteiger partial charge < -0.3 is 15.3 Å². The van der Waals surface area contributed by atoms with E-state index in [0.29, 0.717) is 18.7 Å². The van der Waals surface area contributed by atoms with E-state index in [1.54, 1.807) is 55.5 Å². The number of carbonyl (C=O) groups is 3.